The molecule has 0 atom stereocenters. The monoisotopic (exact) mass is 306 g/mol. The molecule has 0 fully saturated rings. The number of anilines is 1. The summed E-state index contributed by atoms with van der Waals surface area (Å²) in [6, 6.07) is 0. The predicted molar refractivity (Wildman–Crippen MR) is 73.0 cm³/mol. The van der Waals surface area contributed by atoms with Crippen molar-refractivity contribution >= 4 is 17.5 Å². The Morgan fingerprint density at radius 2 is 2.24 bits per heavy atom. The molecule has 0 amide bonds. The molecular weight excluding hydrogens is 296 g/mol. The Labute approximate surface area is 124 Å². The Morgan fingerprint density at radius 3 is 2.95 bits per heavy atom. The molecule has 21 heavy (non-hydrogen) atoms. The van der Waals surface area contributed by atoms with Gasteiger partial charge >= 0.3 is 0 Å². The summed E-state index contributed by atoms with van der Waals surface area (Å²) in [5.74, 6) is 1.95. The van der Waals surface area contributed by atoms with E-state index in [-0.39, 0.29) is 11.2 Å². The lowest BCUT2D eigenvalue weighted by atomic mass is 10.4. The molecular formula is C11H11ClN8O. The standard InChI is InChI=1S/C11H11ClN8O/c1-2-7-3-14-8(21-7)4-15-10-17-9(12)18-11(19-10)20-6-13-5-16-20/h3,5-6H,2,4H2,1H3,(H,15,17,18,19). The molecule has 0 saturated carbocycles. The third kappa shape index (κ3) is 3.14. The Kier molecular flexibility index (Phi) is 3.73. The second-order valence-corrected chi connectivity index (χ2v) is 4.33. The fourth-order valence-electron chi connectivity index (χ4n) is 1.58. The third-order valence-corrected chi connectivity index (χ3v) is 2.74. The van der Waals surface area contributed by atoms with E-state index in [0.717, 1.165) is 12.2 Å². The quantitative estimate of drug-likeness (QED) is 0.750. The van der Waals surface area contributed by atoms with Gasteiger partial charge < -0.3 is 9.73 Å². The van der Waals surface area contributed by atoms with E-state index in [1.807, 2.05) is 6.92 Å². The van der Waals surface area contributed by atoms with Crippen LogP contribution in [0.3, 0.4) is 0 Å². The van der Waals surface area contributed by atoms with Gasteiger partial charge in [0.2, 0.25) is 17.1 Å². The molecule has 0 radical (unpaired) electrons. The first-order chi connectivity index (χ1) is 10.2. The summed E-state index contributed by atoms with van der Waals surface area (Å²) in [5.41, 5.74) is 0. The number of nitrogens with one attached hydrogen (secondary N) is 1. The summed E-state index contributed by atoms with van der Waals surface area (Å²) < 4.78 is 6.87. The zero-order valence-corrected chi connectivity index (χ0v) is 11.8. The van der Waals surface area contributed by atoms with Crippen molar-refractivity contribution < 1.29 is 4.42 Å². The third-order valence-electron chi connectivity index (χ3n) is 2.57. The molecule has 0 aliphatic heterocycles. The van der Waals surface area contributed by atoms with Crippen LogP contribution in [0, 0.1) is 0 Å². The second kappa shape index (κ2) is 5.83. The number of aryl methyl sites for hydroxylation is 1. The average Bonchev–Trinajstić information content (AvgIpc) is 3.16. The minimum atomic E-state index is 0.0552. The molecule has 3 rings (SSSR count). The molecule has 0 spiro atoms. The second-order valence-electron chi connectivity index (χ2n) is 4.00. The number of hydrogen-bond acceptors (Lipinski definition) is 8. The number of nitrogens with zero attached hydrogens (tertiary/aromatic N) is 7. The van der Waals surface area contributed by atoms with Crippen LogP contribution in [0.5, 0.6) is 0 Å². The van der Waals surface area contributed by atoms with Crippen molar-refractivity contribution in [1.29, 1.82) is 0 Å². The van der Waals surface area contributed by atoms with Crippen LogP contribution in [0.2, 0.25) is 5.28 Å². The molecule has 0 aliphatic rings. The molecule has 3 aromatic rings. The summed E-state index contributed by atoms with van der Waals surface area (Å²) >= 11 is 5.87. The SMILES string of the molecule is CCc1cnc(CNc2nc(Cl)nc(-n3cncn3)n2)o1. The maximum Gasteiger partial charge on any atom is 0.258 e. The van der Waals surface area contributed by atoms with Gasteiger partial charge in [-0.3, -0.25) is 0 Å². The number of aromatic nitrogens is 7. The minimum absolute atomic E-state index is 0.0552. The first-order valence-corrected chi connectivity index (χ1v) is 6.56. The summed E-state index contributed by atoms with van der Waals surface area (Å²) in [6.45, 7) is 2.34. The molecule has 0 aliphatic carbocycles. The van der Waals surface area contributed by atoms with Gasteiger partial charge in [0.25, 0.3) is 5.95 Å². The highest BCUT2D eigenvalue weighted by Crippen LogP contribution is 2.10. The highest BCUT2D eigenvalue weighted by atomic mass is 35.5. The van der Waals surface area contributed by atoms with Gasteiger partial charge in [0, 0.05) is 6.42 Å². The highest BCUT2D eigenvalue weighted by Gasteiger charge is 2.09. The van der Waals surface area contributed by atoms with Crippen molar-refractivity contribution in [2.45, 2.75) is 19.9 Å². The lowest BCUT2D eigenvalue weighted by Gasteiger charge is -2.04. The van der Waals surface area contributed by atoms with Crippen LogP contribution in [0.15, 0.2) is 23.3 Å². The Balaban J connectivity index is 1.76. The van der Waals surface area contributed by atoms with E-state index in [0.29, 0.717) is 18.4 Å². The van der Waals surface area contributed by atoms with Gasteiger partial charge in [0.1, 0.15) is 18.4 Å². The molecule has 3 heterocycles. The molecule has 9 nitrogen and oxygen atoms in total. The van der Waals surface area contributed by atoms with E-state index in [4.69, 9.17) is 16.0 Å². The van der Waals surface area contributed by atoms with Crippen molar-refractivity contribution in [3.8, 4) is 5.95 Å². The van der Waals surface area contributed by atoms with Gasteiger partial charge in [0.15, 0.2) is 0 Å². The van der Waals surface area contributed by atoms with Crippen LogP contribution >= 0.6 is 11.6 Å². The van der Waals surface area contributed by atoms with Crippen LogP contribution in [0.1, 0.15) is 18.6 Å². The fourth-order valence-corrected chi connectivity index (χ4v) is 1.74. The minimum Gasteiger partial charge on any atom is -0.444 e. The van der Waals surface area contributed by atoms with Crippen molar-refractivity contribution in [1.82, 2.24) is 34.7 Å². The van der Waals surface area contributed by atoms with Gasteiger partial charge in [-0.15, -0.1) is 0 Å². The Hall–Kier alpha value is -2.55. The molecule has 108 valence electrons. The molecule has 3 aromatic heterocycles. The normalized spacial score (nSPS) is 10.8. The van der Waals surface area contributed by atoms with E-state index in [9.17, 15) is 0 Å². The van der Waals surface area contributed by atoms with Gasteiger partial charge in [0.05, 0.1) is 12.7 Å². The molecule has 0 aromatic carbocycles. The van der Waals surface area contributed by atoms with Crippen LogP contribution in [0.4, 0.5) is 5.95 Å². The van der Waals surface area contributed by atoms with Crippen LogP contribution in [0.25, 0.3) is 5.95 Å². The summed E-state index contributed by atoms with van der Waals surface area (Å²) in [6.07, 6.45) is 5.33. The Bertz CT molecular complexity index is 726. The van der Waals surface area contributed by atoms with E-state index in [2.05, 4.69) is 35.3 Å². The summed E-state index contributed by atoms with van der Waals surface area (Å²) in [5, 5.41) is 6.97. The maximum absolute atomic E-state index is 5.87. The maximum atomic E-state index is 5.87. The van der Waals surface area contributed by atoms with Crippen molar-refractivity contribution in [2.24, 2.45) is 0 Å². The zero-order valence-electron chi connectivity index (χ0n) is 11.1. The molecule has 10 heteroatoms. The van der Waals surface area contributed by atoms with Crippen LogP contribution in [-0.4, -0.2) is 34.7 Å². The molecule has 0 saturated heterocycles. The Morgan fingerprint density at radius 1 is 1.33 bits per heavy atom. The largest absolute Gasteiger partial charge is 0.444 e. The van der Waals surface area contributed by atoms with Crippen molar-refractivity contribution in [3.05, 3.63) is 35.8 Å². The van der Waals surface area contributed by atoms with Crippen LogP contribution < -0.4 is 5.32 Å². The lowest BCUT2D eigenvalue weighted by Crippen LogP contribution is -2.09. The van der Waals surface area contributed by atoms with E-state index in [1.165, 1.54) is 17.3 Å². The van der Waals surface area contributed by atoms with Crippen molar-refractivity contribution in [2.75, 3.05) is 5.32 Å². The van der Waals surface area contributed by atoms with E-state index in [1.54, 1.807) is 6.20 Å². The summed E-state index contributed by atoms with van der Waals surface area (Å²) in [4.78, 5) is 20.1. The van der Waals surface area contributed by atoms with Crippen LogP contribution in [-0.2, 0) is 13.0 Å². The smallest absolute Gasteiger partial charge is 0.258 e. The molecule has 0 bridgehead atoms. The first-order valence-electron chi connectivity index (χ1n) is 6.18. The van der Waals surface area contributed by atoms with Gasteiger partial charge in [-0.1, -0.05) is 6.92 Å². The van der Waals surface area contributed by atoms with Gasteiger partial charge in [-0.25, -0.2) is 9.97 Å². The van der Waals surface area contributed by atoms with E-state index >= 15 is 0 Å². The van der Waals surface area contributed by atoms with Gasteiger partial charge in [-0.05, 0) is 11.6 Å². The lowest BCUT2D eigenvalue weighted by molar-refractivity contribution is 0.465. The topological polar surface area (TPSA) is 107 Å². The number of rotatable bonds is 5. The average molecular weight is 307 g/mol. The number of halogens is 1. The summed E-state index contributed by atoms with van der Waals surface area (Å²) in [7, 11) is 0. The van der Waals surface area contributed by atoms with Gasteiger partial charge in [-0.2, -0.15) is 24.7 Å². The fraction of sp³-hybridized carbons (Fsp3) is 0.273. The van der Waals surface area contributed by atoms with E-state index < -0.39 is 0 Å². The number of oxazole rings is 1. The zero-order chi connectivity index (χ0) is 14.7. The molecule has 1 N–H and O–H groups in total. The first kappa shape index (κ1) is 13.4. The number of hydrogen-bond donors (Lipinski definition) is 1. The molecule has 0 unspecified atom stereocenters. The predicted octanol–water partition coefficient (Wildman–Crippen LogP) is 1.27. The highest BCUT2D eigenvalue weighted by molar-refractivity contribution is 6.28. The van der Waals surface area contributed by atoms with Crippen molar-refractivity contribution in [3.63, 3.8) is 0 Å².